The van der Waals surface area contributed by atoms with Gasteiger partial charge in [-0.1, -0.05) is 0 Å². The normalized spacial score (nSPS) is 28.8. The van der Waals surface area contributed by atoms with Gasteiger partial charge in [0.15, 0.2) is 0 Å². The highest BCUT2D eigenvalue weighted by Crippen LogP contribution is 2.19. The van der Waals surface area contributed by atoms with E-state index < -0.39 is 0 Å². The third kappa shape index (κ3) is 1.44. The summed E-state index contributed by atoms with van der Waals surface area (Å²) in [5, 5.41) is 0. The molecule has 2 unspecified atom stereocenters. The van der Waals surface area contributed by atoms with E-state index in [9.17, 15) is 0 Å². The third-order valence-electron chi connectivity index (χ3n) is 2.04. The van der Waals surface area contributed by atoms with Crippen LogP contribution in [0, 0.1) is 0 Å². The van der Waals surface area contributed by atoms with Crippen molar-refractivity contribution in [2.24, 2.45) is 5.73 Å². The van der Waals surface area contributed by atoms with Gasteiger partial charge in [-0.05, 0) is 12.1 Å². The summed E-state index contributed by atoms with van der Waals surface area (Å²) in [6.45, 7) is 2.80. The molecule has 0 spiro atoms. The summed E-state index contributed by atoms with van der Waals surface area (Å²) in [5.74, 6) is 1.03. The highest BCUT2D eigenvalue weighted by Gasteiger charge is 2.32. The predicted molar refractivity (Wildman–Crippen MR) is 42.0 cm³/mol. The fraction of sp³-hybridized carbons (Fsp3) is 0.500. The summed E-state index contributed by atoms with van der Waals surface area (Å²) in [4.78, 5) is 2.29. The molecule has 1 fully saturated rings. The van der Waals surface area contributed by atoms with Gasteiger partial charge in [-0.2, -0.15) is 0 Å². The molecule has 3 heteroatoms. The maximum absolute atomic E-state index is 5.48. The summed E-state index contributed by atoms with van der Waals surface area (Å²) < 4.78 is 5.19. The van der Waals surface area contributed by atoms with E-state index in [0.29, 0.717) is 6.04 Å². The van der Waals surface area contributed by atoms with Gasteiger partial charge in [0.2, 0.25) is 0 Å². The van der Waals surface area contributed by atoms with Gasteiger partial charge in [-0.25, -0.2) is 0 Å². The number of nitrogens with two attached hydrogens (primary N) is 1. The quantitative estimate of drug-likeness (QED) is 0.638. The second-order valence-electron chi connectivity index (χ2n) is 2.90. The van der Waals surface area contributed by atoms with Gasteiger partial charge in [0.25, 0.3) is 0 Å². The minimum Gasteiger partial charge on any atom is -0.468 e. The Bertz CT molecular complexity index is 220. The van der Waals surface area contributed by atoms with Gasteiger partial charge in [0, 0.05) is 19.1 Å². The van der Waals surface area contributed by atoms with Crippen molar-refractivity contribution in [2.75, 3.05) is 13.1 Å². The molecule has 2 heterocycles. The molecule has 1 aromatic rings. The Balaban J connectivity index is 1.85. The Labute approximate surface area is 65.8 Å². The summed E-state index contributed by atoms with van der Waals surface area (Å²) in [5.41, 5.74) is 5.48. The molecule has 0 saturated carbocycles. The van der Waals surface area contributed by atoms with E-state index in [1.807, 2.05) is 12.1 Å². The molecular formula is C8H12N2O. The first kappa shape index (κ1) is 6.88. The summed E-state index contributed by atoms with van der Waals surface area (Å²) in [6, 6.07) is 4.50. The molecule has 11 heavy (non-hydrogen) atoms. The molecule has 0 bridgehead atoms. The second kappa shape index (κ2) is 2.68. The molecule has 0 aromatic carbocycles. The maximum Gasteiger partial charge on any atom is 0.117 e. The van der Waals surface area contributed by atoms with Crippen LogP contribution < -0.4 is 5.73 Å². The molecule has 0 aliphatic carbocycles. The van der Waals surface area contributed by atoms with Crippen molar-refractivity contribution in [1.82, 2.24) is 4.90 Å². The topological polar surface area (TPSA) is 42.2 Å². The molecule has 60 valence electrons. The molecule has 2 rings (SSSR count). The average Bonchev–Trinajstić information content (AvgIpc) is 2.54. The molecule has 3 nitrogen and oxygen atoms in total. The molecule has 2 N–H and O–H groups in total. The predicted octanol–water partition coefficient (Wildman–Crippen LogP) is 0.422. The van der Waals surface area contributed by atoms with E-state index in [0.717, 1.165) is 25.4 Å². The van der Waals surface area contributed by atoms with E-state index in [4.69, 9.17) is 10.2 Å². The van der Waals surface area contributed by atoms with E-state index >= 15 is 0 Å². The number of nitrogens with zero attached hydrogens (tertiary/aromatic N) is 1. The second-order valence-corrected chi connectivity index (χ2v) is 2.90. The van der Waals surface area contributed by atoms with Crippen molar-refractivity contribution >= 4 is 0 Å². The first-order chi connectivity index (χ1) is 5.40. The van der Waals surface area contributed by atoms with Crippen LogP contribution in [0.2, 0.25) is 0 Å². The zero-order valence-electron chi connectivity index (χ0n) is 6.36. The molecule has 1 aromatic heterocycles. The van der Waals surface area contributed by atoms with Crippen LogP contribution in [0.1, 0.15) is 5.76 Å². The van der Waals surface area contributed by atoms with Gasteiger partial charge in [-0.15, -0.1) is 0 Å². The van der Waals surface area contributed by atoms with E-state index in [2.05, 4.69) is 4.90 Å². The van der Waals surface area contributed by atoms with Crippen LogP contribution in [0.3, 0.4) is 0 Å². The fourth-order valence-electron chi connectivity index (χ4n) is 1.24. The van der Waals surface area contributed by atoms with Gasteiger partial charge in [-0.3, -0.25) is 4.90 Å². The van der Waals surface area contributed by atoms with Crippen LogP contribution in [0.4, 0.5) is 0 Å². The molecule has 1 saturated heterocycles. The standard InChI is InChI=1S/C8H12N2O/c9-4-7-5-10(7)6-8-2-1-3-11-8/h1-3,7H,4-6,9H2. The molecular weight excluding hydrogens is 140 g/mol. The summed E-state index contributed by atoms with van der Waals surface area (Å²) in [7, 11) is 0. The zero-order valence-corrected chi connectivity index (χ0v) is 6.36. The lowest BCUT2D eigenvalue weighted by Crippen LogP contribution is -2.12. The first-order valence-electron chi connectivity index (χ1n) is 3.86. The van der Waals surface area contributed by atoms with Crippen molar-refractivity contribution in [3.63, 3.8) is 0 Å². The van der Waals surface area contributed by atoms with E-state index in [1.165, 1.54) is 0 Å². The monoisotopic (exact) mass is 152 g/mol. The Kier molecular flexibility index (Phi) is 1.68. The lowest BCUT2D eigenvalue weighted by atomic mass is 10.4. The van der Waals surface area contributed by atoms with Gasteiger partial charge >= 0.3 is 0 Å². The number of rotatable bonds is 3. The van der Waals surface area contributed by atoms with Gasteiger partial charge < -0.3 is 10.2 Å². The van der Waals surface area contributed by atoms with Crippen molar-refractivity contribution in [3.8, 4) is 0 Å². The Morgan fingerprint density at radius 2 is 2.64 bits per heavy atom. The van der Waals surface area contributed by atoms with Gasteiger partial charge in [0.1, 0.15) is 5.76 Å². The molecule has 0 radical (unpaired) electrons. The van der Waals surface area contributed by atoms with Crippen LogP contribution in [0.5, 0.6) is 0 Å². The van der Waals surface area contributed by atoms with Crippen LogP contribution in [-0.4, -0.2) is 24.0 Å². The lowest BCUT2D eigenvalue weighted by molar-refractivity contribution is 0.414. The van der Waals surface area contributed by atoms with Crippen molar-refractivity contribution < 1.29 is 4.42 Å². The van der Waals surface area contributed by atoms with Crippen LogP contribution in [0.15, 0.2) is 22.8 Å². The van der Waals surface area contributed by atoms with E-state index in [-0.39, 0.29) is 0 Å². The largest absolute Gasteiger partial charge is 0.468 e. The van der Waals surface area contributed by atoms with Crippen LogP contribution >= 0.6 is 0 Å². The Hall–Kier alpha value is -0.800. The maximum atomic E-state index is 5.48. The van der Waals surface area contributed by atoms with Crippen LogP contribution in [0.25, 0.3) is 0 Å². The number of furan rings is 1. The molecule has 0 amide bonds. The SMILES string of the molecule is NCC1CN1Cc1ccco1. The van der Waals surface area contributed by atoms with Crippen molar-refractivity contribution in [3.05, 3.63) is 24.2 Å². The summed E-state index contributed by atoms with van der Waals surface area (Å²) >= 11 is 0. The molecule has 2 atom stereocenters. The lowest BCUT2D eigenvalue weighted by Gasteiger charge is -1.97. The summed E-state index contributed by atoms with van der Waals surface area (Å²) in [6.07, 6.45) is 1.70. The van der Waals surface area contributed by atoms with Crippen LogP contribution in [-0.2, 0) is 6.54 Å². The fourth-order valence-corrected chi connectivity index (χ4v) is 1.24. The first-order valence-corrected chi connectivity index (χ1v) is 3.86. The average molecular weight is 152 g/mol. The number of hydrogen-bond donors (Lipinski definition) is 1. The van der Waals surface area contributed by atoms with E-state index in [1.54, 1.807) is 6.26 Å². The van der Waals surface area contributed by atoms with Gasteiger partial charge in [0.05, 0.1) is 12.8 Å². The van der Waals surface area contributed by atoms with Crippen molar-refractivity contribution in [1.29, 1.82) is 0 Å². The minimum absolute atomic E-state index is 0.597. The van der Waals surface area contributed by atoms with Crippen molar-refractivity contribution in [2.45, 2.75) is 12.6 Å². The zero-order chi connectivity index (χ0) is 7.68. The highest BCUT2D eigenvalue weighted by molar-refractivity contribution is 5.02. The highest BCUT2D eigenvalue weighted by atomic mass is 16.3. The minimum atomic E-state index is 0.597. The molecule has 1 aliphatic heterocycles. The Morgan fingerprint density at radius 1 is 1.73 bits per heavy atom. The molecule has 1 aliphatic rings. The number of hydrogen-bond acceptors (Lipinski definition) is 3. The Morgan fingerprint density at radius 3 is 3.18 bits per heavy atom. The smallest absolute Gasteiger partial charge is 0.117 e. The third-order valence-corrected chi connectivity index (χ3v) is 2.04.